The van der Waals surface area contributed by atoms with Crippen LogP contribution in [0.15, 0.2) is 53.6 Å². The molecule has 6 nitrogen and oxygen atoms in total. The summed E-state index contributed by atoms with van der Waals surface area (Å²) in [5.74, 6) is 0.729. The Hall–Kier alpha value is -2.64. The molecule has 3 aromatic rings. The first-order valence-electron chi connectivity index (χ1n) is 9.27. The van der Waals surface area contributed by atoms with E-state index in [0.717, 1.165) is 48.5 Å². The van der Waals surface area contributed by atoms with E-state index in [0.29, 0.717) is 10.5 Å². The fourth-order valence-corrected chi connectivity index (χ4v) is 4.78. The molecular weight excluding hydrogens is 374 g/mol. The topological polar surface area (TPSA) is 63.6 Å². The average molecular weight is 398 g/mol. The number of nitrogens with one attached hydrogen (secondary N) is 1. The predicted octanol–water partition coefficient (Wildman–Crippen LogP) is 2.83. The van der Waals surface area contributed by atoms with Crippen molar-refractivity contribution in [2.24, 2.45) is 0 Å². The Kier molecular flexibility index (Phi) is 5.19. The minimum absolute atomic E-state index is 0.0387. The van der Waals surface area contributed by atoms with Gasteiger partial charge in [0.25, 0.3) is 0 Å². The second-order valence-electron chi connectivity index (χ2n) is 6.76. The van der Waals surface area contributed by atoms with E-state index < -0.39 is 11.0 Å². The quantitative estimate of drug-likeness (QED) is 0.671. The number of aromatic nitrogens is 1. The Labute approximate surface area is 166 Å². The maximum Gasteiger partial charge on any atom is 0.161 e. The molecule has 4 rings (SSSR count). The molecule has 0 bridgehead atoms. The number of carbonyl (C=O) groups is 1. The number of Topliss-reactive ketones (excluding diaryl/α,β-unsaturated/α-hetero) is 1. The monoisotopic (exact) mass is 397 g/mol. The number of fused-ring (bicyclic) bond motifs is 1. The number of para-hydroxylation sites is 1. The first-order valence-corrected chi connectivity index (χ1v) is 10.4. The van der Waals surface area contributed by atoms with Crippen molar-refractivity contribution in [1.82, 2.24) is 9.29 Å². The number of piperazine rings is 1. The molecule has 1 aliphatic heterocycles. The zero-order chi connectivity index (χ0) is 19.7. The van der Waals surface area contributed by atoms with E-state index in [-0.39, 0.29) is 5.78 Å². The van der Waals surface area contributed by atoms with Crippen molar-refractivity contribution in [3.63, 3.8) is 0 Å². The number of nitrogens with zero attached hydrogens (tertiary/aromatic N) is 2. The number of benzene rings is 2. The van der Waals surface area contributed by atoms with Gasteiger partial charge in [-0.1, -0.05) is 18.2 Å². The summed E-state index contributed by atoms with van der Waals surface area (Å²) < 4.78 is 20.6. The van der Waals surface area contributed by atoms with Crippen molar-refractivity contribution in [3.8, 4) is 5.75 Å². The lowest BCUT2D eigenvalue weighted by Gasteiger charge is -2.30. The highest BCUT2D eigenvalue weighted by Gasteiger charge is 2.20. The molecule has 0 saturated carbocycles. The Morgan fingerprint density at radius 3 is 2.61 bits per heavy atom. The molecule has 28 heavy (non-hydrogen) atoms. The molecule has 0 spiro atoms. The highest BCUT2D eigenvalue weighted by Crippen LogP contribution is 2.32. The normalized spacial score (nSPS) is 15.6. The molecule has 1 aliphatic rings. The number of hydrogen-bond acceptors (Lipinski definition) is 5. The van der Waals surface area contributed by atoms with Crippen LogP contribution in [0, 0.1) is 0 Å². The molecular formula is C21H23N3O3S. The Morgan fingerprint density at radius 2 is 1.89 bits per heavy atom. The zero-order valence-corrected chi connectivity index (χ0v) is 16.8. The van der Waals surface area contributed by atoms with Crippen LogP contribution in [-0.4, -0.2) is 47.3 Å². The van der Waals surface area contributed by atoms with Crippen LogP contribution in [0.2, 0.25) is 0 Å². The summed E-state index contributed by atoms with van der Waals surface area (Å²) in [6.45, 7) is 5.08. The molecule has 1 N–H and O–H groups in total. The van der Waals surface area contributed by atoms with Crippen LogP contribution in [0.25, 0.3) is 10.9 Å². The van der Waals surface area contributed by atoms with Gasteiger partial charge in [-0.05, 0) is 31.2 Å². The maximum atomic E-state index is 13.4. The molecule has 7 heteroatoms. The van der Waals surface area contributed by atoms with Crippen LogP contribution in [0.3, 0.4) is 0 Å². The number of anilines is 1. The molecule has 1 unspecified atom stereocenters. The van der Waals surface area contributed by atoms with Crippen molar-refractivity contribution in [2.75, 3.05) is 38.2 Å². The number of ketones is 1. The van der Waals surface area contributed by atoms with Gasteiger partial charge in [-0.15, -0.1) is 0 Å². The fraction of sp³-hybridized carbons (Fsp3) is 0.286. The highest BCUT2D eigenvalue weighted by atomic mass is 32.2. The number of carbonyl (C=O) groups excluding carboxylic acids is 1. The maximum absolute atomic E-state index is 13.4. The van der Waals surface area contributed by atoms with Crippen LogP contribution in [0.1, 0.15) is 17.3 Å². The SMILES string of the molecule is COc1ccc(S(=O)n2cc(C(C)=O)c3ccccc32)cc1N1CCNCC1. The Balaban J connectivity index is 1.78. The van der Waals surface area contributed by atoms with Gasteiger partial charge in [0.2, 0.25) is 0 Å². The molecule has 1 aromatic heterocycles. The lowest BCUT2D eigenvalue weighted by Crippen LogP contribution is -2.43. The third-order valence-electron chi connectivity index (χ3n) is 5.05. The lowest BCUT2D eigenvalue weighted by atomic mass is 10.1. The van der Waals surface area contributed by atoms with Crippen LogP contribution >= 0.6 is 0 Å². The highest BCUT2D eigenvalue weighted by molar-refractivity contribution is 7.83. The van der Waals surface area contributed by atoms with Gasteiger partial charge in [0.1, 0.15) is 5.75 Å². The summed E-state index contributed by atoms with van der Waals surface area (Å²) in [4.78, 5) is 14.9. The fourth-order valence-electron chi connectivity index (χ4n) is 3.61. The number of rotatable bonds is 5. The Morgan fingerprint density at radius 1 is 1.14 bits per heavy atom. The third kappa shape index (κ3) is 3.31. The molecule has 1 atom stereocenters. The summed E-state index contributed by atoms with van der Waals surface area (Å²) in [6.07, 6.45) is 1.69. The largest absolute Gasteiger partial charge is 0.495 e. The third-order valence-corrected chi connectivity index (χ3v) is 6.36. The van der Waals surface area contributed by atoms with Crippen molar-refractivity contribution in [2.45, 2.75) is 11.8 Å². The smallest absolute Gasteiger partial charge is 0.161 e. The van der Waals surface area contributed by atoms with Gasteiger partial charge in [0.05, 0.1) is 23.2 Å². The van der Waals surface area contributed by atoms with Crippen LogP contribution in [0.4, 0.5) is 5.69 Å². The molecule has 0 aliphatic carbocycles. The molecule has 1 fully saturated rings. The second-order valence-corrected chi connectivity index (χ2v) is 8.12. The summed E-state index contributed by atoms with van der Waals surface area (Å²) in [6, 6.07) is 13.2. The van der Waals surface area contributed by atoms with Gasteiger partial charge in [-0.3, -0.25) is 8.77 Å². The molecule has 0 amide bonds. The number of hydrogen-bond donors (Lipinski definition) is 1. The first-order chi connectivity index (χ1) is 13.6. The van der Waals surface area contributed by atoms with Gasteiger partial charge in [0.15, 0.2) is 16.8 Å². The average Bonchev–Trinajstić information content (AvgIpc) is 3.13. The summed E-state index contributed by atoms with van der Waals surface area (Å²) in [5.41, 5.74) is 2.31. The van der Waals surface area contributed by atoms with E-state index in [9.17, 15) is 9.00 Å². The number of ether oxygens (including phenoxy) is 1. The van der Waals surface area contributed by atoms with E-state index in [4.69, 9.17) is 4.74 Å². The van der Waals surface area contributed by atoms with Gasteiger partial charge >= 0.3 is 0 Å². The molecule has 2 heterocycles. The summed E-state index contributed by atoms with van der Waals surface area (Å²) >= 11 is 0. The van der Waals surface area contributed by atoms with E-state index in [1.807, 2.05) is 42.5 Å². The standard InChI is InChI=1S/C21H23N3O3S/c1-15(25)18-14-24(19-6-4-3-5-17(18)19)28(26)16-7-8-21(27-2)20(13-16)23-11-9-22-10-12-23/h3-8,13-14,22H,9-12H2,1-2H3. The zero-order valence-electron chi connectivity index (χ0n) is 16.0. The lowest BCUT2D eigenvalue weighted by molar-refractivity contribution is 0.101. The van der Waals surface area contributed by atoms with Gasteiger partial charge in [0, 0.05) is 43.3 Å². The van der Waals surface area contributed by atoms with Crippen molar-refractivity contribution >= 4 is 33.4 Å². The predicted molar refractivity (Wildman–Crippen MR) is 112 cm³/mol. The van der Waals surface area contributed by atoms with Crippen molar-refractivity contribution < 1.29 is 13.7 Å². The minimum atomic E-state index is -1.48. The van der Waals surface area contributed by atoms with Crippen molar-refractivity contribution in [1.29, 1.82) is 0 Å². The second kappa shape index (κ2) is 7.77. The number of methoxy groups -OCH3 is 1. The van der Waals surface area contributed by atoms with E-state index >= 15 is 0 Å². The summed E-state index contributed by atoms with van der Waals surface area (Å²) in [5, 5.41) is 4.16. The molecule has 2 aromatic carbocycles. The van der Waals surface area contributed by atoms with E-state index in [2.05, 4.69) is 10.2 Å². The first kappa shape index (κ1) is 18.7. The Bertz CT molecular complexity index is 1050. The van der Waals surface area contributed by atoms with Gasteiger partial charge < -0.3 is 15.0 Å². The minimum Gasteiger partial charge on any atom is -0.495 e. The molecule has 0 radical (unpaired) electrons. The van der Waals surface area contributed by atoms with Gasteiger partial charge in [-0.2, -0.15) is 0 Å². The van der Waals surface area contributed by atoms with Crippen LogP contribution in [-0.2, 0) is 11.0 Å². The molecule has 146 valence electrons. The summed E-state index contributed by atoms with van der Waals surface area (Å²) in [7, 11) is 0.174. The molecule has 1 saturated heterocycles. The van der Waals surface area contributed by atoms with Crippen LogP contribution in [0.5, 0.6) is 5.75 Å². The van der Waals surface area contributed by atoms with Gasteiger partial charge in [-0.25, -0.2) is 4.21 Å². The van der Waals surface area contributed by atoms with E-state index in [1.165, 1.54) is 6.92 Å². The van der Waals surface area contributed by atoms with E-state index in [1.54, 1.807) is 17.3 Å². The van der Waals surface area contributed by atoms with Crippen molar-refractivity contribution in [3.05, 3.63) is 54.2 Å². The van der Waals surface area contributed by atoms with Crippen LogP contribution < -0.4 is 15.0 Å².